The van der Waals surface area contributed by atoms with Crippen molar-refractivity contribution in [1.29, 1.82) is 0 Å². The topological polar surface area (TPSA) is 108 Å². The normalized spacial score (nSPS) is 26.5. The third kappa shape index (κ3) is 2.97. The minimum absolute atomic E-state index is 0.112. The van der Waals surface area contributed by atoms with Crippen molar-refractivity contribution in [2.75, 3.05) is 32.8 Å². The van der Waals surface area contributed by atoms with Gasteiger partial charge < -0.3 is 10.1 Å². The number of imide groups is 2. The molecule has 4 aliphatic rings. The average Bonchev–Trinajstić information content (AvgIpc) is 2.93. The molecule has 0 saturated carbocycles. The highest BCUT2D eigenvalue weighted by Crippen LogP contribution is 2.31. The van der Waals surface area contributed by atoms with E-state index in [9.17, 15) is 19.2 Å². The standard InChI is InChI=1S/C20H22N4O5/c25-15-5-4-14(17(26)22-15)24-18(27)13-3-1-2-12(16(13)19(24)28)8-23-6-7-29-20(11-23)9-21-10-20/h1-3,14,21H,4-11H2,(H,22,25,26). The Bertz CT molecular complexity index is 925. The quantitative estimate of drug-likeness (QED) is 0.646. The molecule has 0 radical (unpaired) electrons. The smallest absolute Gasteiger partial charge is 0.262 e. The van der Waals surface area contributed by atoms with Crippen LogP contribution >= 0.6 is 0 Å². The number of rotatable bonds is 3. The van der Waals surface area contributed by atoms with Gasteiger partial charge in [-0.2, -0.15) is 0 Å². The van der Waals surface area contributed by atoms with E-state index in [2.05, 4.69) is 15.5 Å². The van der Waals surface area contributed by atoms with E-state index in [1.807, 2.05) is 6.07 Å². The molecule has 0 aliphatic carbocycles. The number of carbonyl (C=O) groups excluding carboxylic acids is 4. The van der Waals surface area contributed by atoms with Crippen LogP contribution in [-0.2, 0) is 20.9 Å². The van der Waals surface area contributed by atoms with E-state index in [0.717, 1.165) is 36.6 Å². The van der Waals surface area contributed by atoms with Gasteiger partial charge in [0.05, 0.1) is 17.7 Å². The number of amides is 4. The summed E-state index contributed by atoms with van der Waals surface area (Å²) in [5.41, 5.74) is 1.31. The third-order valence-corrected chi connectivity index (χ3v) is 6.17. The fourth-order valence-corrected chi connectivity index (χ4v) is 4.63. The summed E-state index contributed by atoms with van der Waals surface area (Å²) >= 11 is 0. The monoisotopic (exact) mass is 398 g/mol. The molecule has 1 unspecified atom stereocenters. The van der Waals surface area contributed by atoms with Crippen molar-refractivity contribution in [2.45, 2.75) is 31.0 Å². The van der Waals surface area contributed by atoms with E-state index < -0.39 is 23.8 Å². The Kier molecular flexibility index (Phi) is 4.27. The van der Waals surface area contributed by atoms with E-state index in [-0.39, 0.29) is 24.3 Å². The number of hydrogen-bond donors (Lipinski definition) is 2. The molecule has 152 valence electrons. The molecule has 1 aromatic carbocycles. The SMILES string of the molecule is O=C1CCC(N2C(=O)c3cccc(CN4CCOC5(CNC5)C4)c3C2=O)C(=O)N1. The summed E-state index contributed by atoms with van der Waals surface area (Å²) in [4.78, 5) is 53.0. The maximum Gasteiger partial charge on any atom is 0.262 e. The molecule has 0 bridgehead atoms. The highest BCUT2D eigenvalue weighted by molar-refractivity contribution is 6.24. The lowest BCUT2D eigenvalue weighted by atomic mass is 9.94. The minimum Gasteiger partial charge on any atom is -0.370 e. The molecule has 0 aromatic heterocycles. The zero-order valence-electron chi connectivity index (χ0n) is 15.9. The number of piperidine rings is 1. The summed E-state index contributed by atoms with van der Waals surface area (Å²) in [6.45, 7) is 4.32. The van der Waals surface area contributed by atoms with Crippen LogP contribution in [-0.4, -0.2) is 77.9 Å². The van der Waals surface area contributed by atoms with Crippen LogP contribution < -0.4 is 10.6 Å². The first-order chi connectivity index (χ1) is 14.0. The van der Waals surface area contributed by atoms with Gasteiger partial charge in [0.15, 0.2) is 0 Å². The van der Waals surface area contributed by atoms with Crippen LogP contribution in [0.2, 0.25) is 0 Å². The average molecular weight is 398 g/mol. The summed E-state index contributed by atoms with van der Waals surface area (Å²) < 4.78 is 5.91. The Labute approximate surface area is 167 Å². The largest absolute Gasteiger partial charge is 0.370 e. The summed E-state index contributed by atoms with van der Waals surface area (Å²) in [7, 11) is 0. The van der Waals surface area contributed by atoms with Crippen LogP contribution in [0.15, 0.2) is 18.2 Å². The molecular formula is C20H22N4O5. The van der Waals surface area contributed by atoms with Gasteiger partial charge in [-0.15, -0.1) is 0 Å². The van der Waals surface area contributed by atoms with Crippen molar-refractivity contribution in [2.24, 2.45) is 0 Å². The van der Waals surface area contributed by atoms with Crippen molar-refractivity contribution < 1.29 is 23.9 Å². The Hall–Kier alpha value is -2.62. The molecule has 9 nitrogen and oxygen atoms in total. The van der Waals surface area contributed by atoms with Crippen molar-refractivity contribution in [3.63, 3.8) is 0 Å². The van der Waals surface area contributed by atoms with Gasteiger partial charge in [0.25, 0.3) is 11.8 Å². The second kappa shape index (κ2) is 6.72. The van der Waals surface area contributed by atoms with Crippen LogP contribution in [0.1, 0.15) is 39.1 Å². The summed E-state index contributed by atoms with van der Waals surface area (Å²) in [5, 5.41) is 5.47. The molecule has 4 heterocycles. The first-order valence-corrected chi connectivity index (χ1v) is 9.88. The van der Waals surface area contributed by atoms with Gasteiger partial charge in [0.2, 0.25) is 11.8 Å². The van der Waals surface area contributed by atoms with Crippen molar-refractivity contribution in [3.8, 4) is 0 Å². The number of ether oxygens (including phenoxy) is 1. The predicted molar refractivity (Wildman–Crippen MR) is 99.9 cm³/mol. The fraction of sp³-hybridized carbons (Fsp3) is 0.500. The third-order valence-electron chi connectivity index (χ3n) is 6.17. The highest BCUT2D eigenvalue weighted by Gasteiger charge is 2.46. The first-order valence-electron chi connectivity index (χ1n) is 9.88. The van der Waals surface area contributed by atoms with Gasteiger partial charge >= 0.3 is 0 Å². The number of nitrogens with one attached hydrogen (secondary N) is 2. The molecule has 4 amide bonds. The summed E-state index contributed by atoms with van der Waals surface area (Å²) in [6, 6.07) is 4.32. The Morgan fingerprint density at radius 2 is 1.97 bits per heavy atom. The van der Waals surface area contributed by atoms with Crippen LogP contribution in [0.25, 0.3) is 0 Å². The van der Waals surface area contributed by atoms with Crippen molar-refractivity contribution >= 4 is 23.6 Å². The lowest BCUT2D eigenvalue weighted by Gasteiger charge is -2.48. The summed E-state index contributed by atoms with van der Waals surface area (Å²) in [5.74, 6) is -1.90. The molecule has 3 fully saturated rings. The maximum atomic E-state index is 13.2. The van der Waals surface area contributed by atoms with Crippen LogP contribution in [0.4, 0.5) is 0 Å². The number of nitrogens with zero attached hydrogens (tertiary/aromatic N) is 2. The first kappa shape index (κ1) is 18.4. The zero-order chi connectivity index (χ0) is 20.2. The van der Waals surface area contributed by atoms with Crippen LogP contribution in [0.3, 0.4) is 0 Å². The van der Waals surface area contributed by atoms with E-state index in [1.54, 1.807) is 12.1 Å². The second-order valence-corrected chi connectivity index (χ2v) is 8.13. The lowest BCUT2D eigenvalue weighted by Crippen LogP contribution is -2.68. The van der Waals surface area contributed by atoms with E-state index in [4.69, 9.17) is 4.74 Å². The van der Waals surface area contributed by atoms with Gasteiger partial charge in [-0.1, -0.05) is 12.1 Å². The van der Waals surface area contributed by atoms with E-state index in [0.29, 0.717) is 24.3 Å². The Morgan fingerprint density at radius 3 is 2.69 bits per heavy atom. The molecule has 1 aromatic rings. The number of fused-ring (bicyclic) bond motifs is 1. The molecule has 5 rings (SSSR count). The maximum absolute atomic E-state index is 13.2. The molecule has 9 heteroatoms. The van der Waals surface area contributed by atoms with Gasteiger partial charge in [-0.25, -0.2) is 0 Å². The molecule has 2 N–H and O–H groups in total. The van der Waals surface area contributed by atoms with Gasteiger partial charge in [-0.05, 0) is 18.1 Å². The van der Waals surface area contributed by atoms with E-state index in [1.165, 1.54) is 0 Å². The fourth-order valence-electron chi connectivity index (χ4n) is 4.63. The number of carbonyl (C=O) groups is 4. The number of morpholine rings is 1. The van der Waals surface area contributed by atoms with Gasteiger partial charge in [0.1, 0.15) is 11.6 Å². The Morgan fingerprint density at radius 1 is 1.14 bits per heavy atom. The summed E-state index contributed by atoms with van der Waals surface area (Å²) in [6.07, 6.45) is 0.269. The van der Waals surface area contributed by atoms with Gasteiger partial charge in [-0.3, -0.25) is 34.3 Å². The van der Waals surface area contributed by atoms with E-state index >= 15 is 0 Å². The molecule has 4 aliphatic heterocycles. The van der Waals surface area contributed by atoms with Gasteiger partial charge in [0, 0.05) is 39.1 Å². The van der Waals surface area contributed by atoms with Crippen LogP contribution in [0.5, 0.6) is 0 Å². The molecule has 29 heavy (non-hydrogen) atoms. The molecule has 1 atom stereocenters. The molecule has 1 spiro atoms. The minimum atomic E-state index is -0.944. The number of benzene rings is 1. The Balaban J connectivity index is 1.40. The van der Waals surface area contributed by atoms with Crippen molar-refractivity contribution in [3.05, 3.63) is 34.9 Å². The highest BCUT2D eigenvalue weighted by atomic mass is 16.5. The van der Waals surface area contributed by atoms with Crippen LogP contribution in [0, 0.1) is 0 Å². The molecule has 3 saturated heterocycles. The number of hydrogen-bond acceptors (Lipinski definition) is 7. The predicted octanol–water partition coefficient (Wildman–Crippen LogP) is -0.738. The lowest BCUT2D eigenvalue weighted by molar-refractivity contribution is -0.137. The van der Waals surface area contributed by atoms with Crippen molar-refractivity contribution in [1.82, 2.24) is 20.4 Å². The molecular weight excluding hydrogens is 376 g/mol. The second-order valence-electron chi connectivity index (χ2n) is 8.13. The zero-order valence-corrected chi connectivity index (χ0v) is 15.9.